The number of fused-ring (bicyclic) bond motifs is 1. The van der Waals surface area contributed by atoms with Crippen molar-refractivity contribution >= 4 is 16.6 Å². The summed E-state index contributed by atoms with van der Waals surface area (Å²) in [5, 5.41) is 7.14. The lowest BCUT2D eigenvalue weighted by atomic mass is 10.00. The Morgan fingerprint density at radius 1 is 1.09 bits per heavy atom. The molecule has 35 heavy (non-hydrogen) atoms. The number of halogens is 2. The molecular weight excluding hydrogens is 446 g/mol. The molecule has 0 radical (unpaired) electrons. The maximum atomic E-state index is 14.6. The lowest BCUT2D eigenvalue weighted by Gasteiger charge is -2.16. The van der Waals surface area contributed by atoms with E-state index in [1.807, 2.05) is 43.6 Å². The topological polar surface area (TPSA) is 59.1 Å². The van der Waals surface area contributed by atoms with E-state index in [1.165, 1.54) is 12.1 Å². The Morgan fingerprint density at radius 2 is 1.97 bits per heavy atom. The Kier molecular flexibility index (Phi) is 7.67. The van der Waals surface area contributed by atoms with Crippen LogP contribution >= 0.6 is 0 Å². The first kappa shape index (κ1) is 23.9. The molecule has 0 unspecified atom stereocenters. The van der Waals surface area contributed by atoms with Crippen molar-refractivity contribution in [2.75, 3.05) is 25.5 Å². The van der Waals surface area contributed by atoms with Gasteiger partial charge in [0.15, 0.2) is 0 Å². The first-order chi connectivity index (χ1) is 17.1. The Morgan fingerprint density at radius 3 is 2.71 bits per heavy atom. The summed E-state index contributed by atoms with van der Waals surface area (Å²) < 4.78 is 34.3. The zero-order valence-electron chi connectivity index (χ0n) is 19.4. The number of anilines is 1. The lowest BCUT2D eigenvalue weighted by molar-refractivity contribution is 0.314. The van der Waals surface area contributed by atoms with Crippen LogP contribution in [0.2, 0.25) is 0 Å². The molecule has 0 fully saturated rings. The van der Waals surface area contributed by atoms with Crippen molar-refractivity contribution in [3.05, 3.63) is 97.5 Å². The monoisotopic (exact) mass is 472 g/mol. The second kappa shape index (κ2) is 11.2. The lowest BCUT2D eigenvalue weighted by Crippen LogP contribution is -2.11. The maximum Gasteiger partial charge on any atom is 0.146 e. The normalized spacial score (nSPS) is 11.1. The van der Waals surface area contributed by atoms with Crippen LogP contribution in [0.5, 0.6) is 5.75 Å². The van der Waals surface area contributed by atoms with Gasteiger partial charge in [-0.05, 0) is 66.7 Å². The number of allylic oxidation sites excluding steroid dienone is 2. The van der Waals surface area contributed by atoms with Crippen molar-refractivity contribution < 1.29 is 13.5 Å². The Balaban J connectivity index is 1.78. The molecule has 0 aliphatic rings. The van der Waals surface area contributed by atoms with E-state index in [0.717, 1.165) is 34.8 Å². The van der Waals surface area contributed by atoms with Gasteiger partial charge in [-0.15, -0.1) is 0 Å². The third-order valence-corrected chi connectivity index (χ3v) is 5.42. The predicted octanol–water partition coefficient (Wildman–Crippen LogP) is 6.34. The second-order valence-electron chi connectivity index (χ2n) is 7.79. The summed E-state index contributed by atoms with van der Waals surface area (Å²) in [6.45, 7) is 4.77. The molecule has 0 saturated carbocycles. The summed E-state index contributed by atoms with van der Waals surface area (Å²) in [7, 11) is 1.82. The van der Waals surface area contributed by atoms with E-state index in [1.54, 1.807) is 24.5 Å². The molecule has 5 nitrogen and oxygen atoms in total. The minimum atomic E-state index is -0.639. The van der Waals surface area contributed by atoms with Crippen molar-refractivity contribution in [3.8, 4) is 28.1 Å². The van der Waals surface area contributed by atoms with E-state index in [9.17, 15) is 8.78 Å². The largest absolute Gasteiger partial charge is 0.491 e. The molecule has 4 rings (SSSR count). The molecule has 0 saturated heterocycles. The van der Waals surface area contributed by atoms with Crippen LogP contribution in [0.15, 0.2) is 85.9 Å². The van der Waals surface area contributed by atoms with E-state index in [0.29, 0.717) is 30.0 Å². The van der Waals surface area contributed by atoms with Gasteiger partial charge in [0.05, 0.1) is 12.3 Å². The van der Waals surface area contributed by atoms with Crippen molar-refractivity contribution in [2.24, 2.45) is 0 Å². The van der Waals surface area contributed by atoms with Crippen LogP contribution in [0.25, 0.3) is 33.3 Å². The van der Waals surface area contributed by atoms with Gasteiger partial charge in [-0.1, -0.05) is 12.7 Å². The first-order valence-electron chi connectivity index (χ1n) is 11.3. The van der Waals surface area contributed by atoms with Crippen LogP contribution < -0.4 is 15.4 Å². The summed E-state index contributed by atoms with van der Waals surface area (Å²) in [5.41, 5.74) is 3.90. The number of nitrogens with zero attached hydrogens (tertiary/aromatic N) is 2. The molecule has 2 aromatic heterocycles. The molecule has 178 valence electrons. The van der Waals surface area contributed by atoms with Gasteiger partial charge < -0.3 is 15.4 Å². The number of aromatic nitrogens is 2. The highest BCUT2D eigenvalue weighted by molar-refractivity contribution is 6.00. The fourth-order valence-corrected chi connectivity index (χ4v) is 3.73. The molecule has 2 heterocycles. The molecule has 0 amide bonds. The van der Waals surface area contributed by atoms with Crippen LogP contribution in [0.1, 0.15) is 6.42 Å². The minimum Gasteiger partial charge on any atom is -0.491 e. The maximum absolute atomic E-state index is 14.6. The van der Waals surface area contributed by atoms with E-state index in [2.05, 4.69) is 22.2 Å². The van der Waals surface area contributed by atoms with E-state index in [-0.39, 0.29) is 5.56 Å². The summed E-state index contributed by atoms with van der Waals surface area (Å²) >= 11 is 0. The van der Waals surface area contributed by atoms with Crippen molar-refractivity contribution in [2.45, 2.75) is 6.42 Å². The van der Waals surface area contributed by atoms with Gasteiger partial charge in [0.1, 0.15) is 22.9 Å². The minimum absolute atomic E-state index is 0.285. The fraction of sp³-hybridized carbons (Fsp3) is 0.143. The molecule has 0 aliphatic heterocycles. The van der Waals surface area contributed by atoms with Crippen molar-refractivity contribution in [1.82, 2.24) is 15.3 Å². The fourth-order valence-electron chi connectivity index (χ4n) is 3.73. The van der Waals surface area contributed by atoms with Crippen LogP contribution in [0.4, 0.5) is 14.5 Å². The number of hydrogen-bond donors (Lipinski definition) is 2. The third kappa shape index (κ3) is 5.63. The van der Waals surface area contributed by atoms with E-state index in [4.69, 9.17) is 9.72 Å². The van der Waals surface area contributed by atoms with Gasteiger partial charge in [-0.25, -0.2) is 13.8 Å². The summed E-state index contributed by atoms with van der Waals surface area (Å²) in [4.78, 5) is 9.07. The molecule has 4 aromatic rings. The molecule has 0 aliphatic carbocycles. The Bertz CT molecular complexity index is 1360. The number of nitrogens with one attached hydrogen (secondary N) is 2. The van der Waals surface area contributed by atoms with E-state index >= 15 is 0 Å². The molecule has 2 aromatic carbocycles. The molecular formula is C28H26F2N4O. The molecule has 0 spiro atoms. The van der Waals surface area contributed by atoms with Crippen LogP contribution in [-0.2, 0) is 0 Å². The molecule has 0 bridgehead atoms. The highest BCUT2D eigenvalue weighted by Crippen LogP contribution is 2.38. The SMILES string of the molecule is C=C/C=C\NCCCOc1cc(-c2ccc(F)cc2F)cc2c(NC)cc(-c3cccnc3)nc12. The van der Waals surface area contributed by atoms with Gasteiger partial charge in [0, 0.05) is 54.3 Å². The number of benzene rings is 2. The average Bonchev–Trinajstić information content (AvgIpc) is 2.88. The number of hydrogen-bond acceptors (Lipinski definition) is 5. The van der Waals surface area contributed by atoms with Gasteiger partial charge in [-0.3, -0.25) is 4.98 Å². The summed E-state index contributed by atoms with van der Waals surface area (Å²) in [6.07, 6.45) is 9.53. The quantitative estimate of drug-likeness (QED) is 0.208. The van der Waals surface area contributed by atoms with Crippen molar-refractivity contribution in [3.63, 3.8) is 0 Å². The molecule has 7 heteroatoms. The van der Waals surface area contributed by atoms with Crippen LogP contribution in [-0.4, -0.2) is 30.2 Å². The van der Waals surface area contributed by atoms with Gasteiger partial charge in [-0.2, -0.15) is 0 Å². The van der Waals surface area contributed by atoms with Crippen molar-refractivity contribution in [1.29, 1.82) is 0 Å². The third-order valence-electron chi connectivity index (χ3n) is 5.42. The van der Waals surface area contributed by atoms with Crippen LogP contribution in [0.3, 0.4) is 0 Å². The Hall–Kier alpha value is -4.26. The van der Waals surface area contributed by atoms with E-state index < -0.39 is 11.6 Å². The highest BCUT2D eigenvalue weighted by Gasteiger charge is 2.16. The zero-order valence-corrected chi connectivity index (χ0v) is 19.4. The molecule has 0 atom stereocenters. The number of rotatable bonds is 10. The first-order valence-corrected chi connectivity index (χ1v) is 11.3. The number of ether oxygens (including phenoxy) is 1. The summed E-state index contributed by atoms with van der Waals surface area (Å²) in [6, 6.07) is 12.9. The smallest absolute Gasteiger partial charge is 0.146 e. The van der Waals surface area contributed by atoms with Gasteiger partial charge in [0.25, 0.3) is 0 Å². The predicted molar refractivity (Wildman–Crippen MR) is 137 cm³/mol. The standard InChI is InChI=1S/C28H26F2N4O/c1-3-4-10-32-12-6-13-35-27-15-20(22-9-8-21(29)16-24(22)30)14-23-26(31-2)17-25(34-28(23)27)19-7-5-11-33-18-19/h3-5,7-11,14-18,32H,1,6,12-13H2,2H3,(H,31,34)/b10-4-. The van der Waals surface area contributed by atoms with Crippen LogP contribution in [0, 0.1) is 11.6 Å². The Labute approximate surface area is 203 Å². The highest BCUT2D eigenvalue weighted by atomic mass is 19.1. The number of pyridine rings is 2. The average molecular weight is 473 g/mol. The zero-order chi connectivity index (χ0) is 24.6. The molecule has 2 N–H and O–H groups in total. The van der Waals surface area contributed by atoms with Gasteiger partial charge >= 0.3 is 0 Å². The van der Waals surface area contributed by atoms with Gasteiger partial charge in [0.2, 0.25) is 0 Å². The summed E-state index contributed by atoms with van der Waals surface area (Å²) in [5.74, 6) is -0.746. The second-order valence-corrected chi connectivity index (χ2v) is 7.79.